The van der Waals surface area contributed by atoms with Gasteiger partial charge in [0.2, 0.25) is 0 Å². The molecule has 96 valence electrons. The lowest BCUT2D eigenvalue weighted by atomic mass is 9.94. The van der Waals surface area contributed by atoms with Crippen LogP contribution in [-0.4, -0.2) is 25.2 Å². The zero-order chi connectivity index (χ0) is 12.1. The van der Waals surface area contributed by atoms with Crippen LogP contribution in [0.5, 0.6) is 0 Å². The van der Waals surface area contributed by atoms with Gasteiger partial charge >= 0.3 is 0 Å². The Morgan fingerprint density at radius 2 is 2.41 bits per heavy atom. The molecular weight excluding hydrogens is 216 g/mol. The Labute approximate surface area is 103 Å². The summed E-state index contributed by atoms with van der Waals surface area (Å²) in [6, 6.07) is 0. The van der Waals surface area contributed by atoms with Crippen LogP contribution in [0, 0.1) is 5.92 Å². The topological polar surface area (TPSA) is 47.3 Å². The van der Waals surface area contributed by atoms with Crippen LogP contribution in [0.25, 0.3) is 0 Å². The molecule has 1 aliphatic carbocycles. The van der Waals surface area contributed by atoms with E-state index in [1.54, 1.807) is 13.5 Å². The summed E-state index contributed by atoms with van der Waals surface area (Å²) in [4.78, 5) is 4.32. The summed E-state index contributed by atoms with van der Waals surface area (Å²) in [5, 5.41) is 3.32. The Hall–Kier alpha value is -0.870. The maximum atomic E-state index is 5.59. The summed E-state index contributed by atoms with van der Waals surface area (Å²) in [6.07, 6.45) is 5.43. The highest BCUT2D eigenvalue weighted by molar-refractivity contribution is 5.15. The van der Waals surface area contributed by atoms with Gasteiger partial charge in [-0.25, -0.2) is 4.98 Å². The predicted octanol–water partition coefficient (Wildman–Crippen LogP) is 2.31. The van der Waals surface area contributed by atoms with Crippen LogP contribution >= 0.6 is 0 Å². The predicted molar refractivity (Wildman–Crippen MR) is 65.8 cm³/mol. The molecule has 0 aromatic carbocycles. The molecule has 2 rings (SSSR count). The average Bonchev–Trinajstić information content (AvgIpc) is 2.93. The summed E-state index contributed by atoms with van der Waals surface area (Å²) >= 11 is 0. The molecule has 2 unspecified atom stereocenters. The molecule has 1 fully saturated rings. The maximum absolute atomic E-state index is 5.59. The van der Waals surface area contributed by atoms with E-state index in [4.69, 9.17) is 9.15 Å². The van der Waals surface area contributed by atoms with E-state index in [1.807, 2.05) is 0 Å². The second kappa shape index (κ2) is 6.17. The third-order valence-electron chi connectivity index (χ3n) is 3.65. The van der Waals surface area contributed by atoms with Gasteiger partial charge in [0, 0.05) is 26.1 Å². The fourth-order valence-electron chi connectivity index (χ4n) is 2.63. The van der Waals surface area contributed by atoms with Crippen LogP contribution in [0.1, 0.15) is 43.6 Å². The number of hydrogen-bond donors (Lipinski definition) is 1. The van der Waals surface area contributed by atoms with Crippen molar-refractivity contribution in [3.05, 3.63) is 17.8 Å². The molecule has 1 heterocycles. The monoisotopic (exact) mass is 238 g/mol. The summed E-state index contributed by atoms with van der Waals surface area (Å²) in [5.74, 6) is 2.39. The fraction of sp³-hybridized carbons (Fsp3) is 0.769. The van der Waals surface area contributed by atoms with Gasteiger partial charge in [-0.1, -0.05) is 13.3 Å². The number of nitrogens with one attached hydrogen (secondary N) is 1. The molecule has 1 aliphatic rings. The first kappa shape index (κ1) is 12.6. The molecule has 4 heteroatoms. The number of ether oxygens (including phenoxy) is 1. The average molecular weight is 238 g/mol. The van der Waals surface area contributed by atoms with Crippen molar-refractivity contribution in [2.75, 3.05) is 20.3 Å². The van der Waals surface area contributed by atoms with Gasteiger partial charge in [0.25, 0.3) is 0 Å². The third-order valence-corrected chi connectivity index (χ3v) is 3.65. The van der Waals surface area contributed by atoms with Gasteiger partial charge in [0.1, 0.15) is 5.76 Å². The standard InChI is InChI=1S/C13H22N2O2/c1-10-4-3-5-11(10)13-12(15-9-17-13)8-14-6-7-16-2/h9-11,14H,3-8H2,1-2H3. The van der Waals surface area contributed by atoms with Crippen molar-refractivity contribution in [2.24, 2.45) is 5.92 Å². The second-order valence-electron chi connectivity index (χ2n) is 4.85. The van der Waals surface area contributed by atoms with E-state index >= 15 is 0 Å². The molecule has 4 nitrogen and oxygen atoms in total. The van der Waals surface area contributed by atoms with Gasteiger partial charge in [-0.15, -0.1) is 0 Å². The van der Waals surface area contributed by atoms with Crippen molar-refractivity contribution in [3.8, 4) is 0 Å². The second-order valence-corrected chi connectivity index (χ2v) is 4.85. The normalized spacial score (nSPS) is 24.4. The quantitative estimate of drug-likeness (QED) is 0.773. The van der Waals surface area contributed by atoms with E-state index in [2.05, 4.69) is 17.2 Å². The highest BCUT2D eigenvalue weighted by atomic mass is 16.5. The minimum absolute atomic E-state index is 0.566. The fourth-order valence-corrected chi connectivity index (χ4v) is 2.63. The Balaban J connectivity index is 1.92. The number of oxazole rings is 1. The molecule has 1 aromatic heterocycles. The summed E-state index contributed by atoms with van der Waals surface area (Å²) in [7, 11) is 1.71. The number of nitrogens with zero attached hydrogens (tertiary/aromatic N) is 1. The van der Waals surface area contributed by atoms with E-state index in [0.717, 1.165) is 37.1 Å². The van der Waals surface area contributed by atoms with E-state index in [1.165, 1.54) is 19.3 Å². The Bertz CT molecular complexity index is 338. The van der Waals surface area contributed by atoms with E-state index in [9.17, 15) is 0 Å². The van der Waals surface area contributed by atoms with Crippen molar-refractivity contribution in [1.82, 2.24) is 10.3 Å². The van der Waals surface area contributed by atoms with Crippen LogP contribution in [0.3, 0.4) is 0 Å². The summed E-state index contributed by atoms with van der Waals surface area (Å²) in [6.45, 7) is 4.66. The lowest BCUT2D eigenvalue weighted by Crippen LogP contribution is -2.20. The molecule has 1 N–H and O–H groups in total. The molecule has 2 atom stereocenters. The first-order valence-electron chi connectivity index (χ1n) is 6.45. The lowest BCUT2D eigenvalue weighted by molar-refractivity contribution is 0.199. The Kier molecular flexibility index (Phi) is 4.57. The zero-order valence-corrected chi connectivity index (χ0v) is 10.7. The first-order valence-corrected chi connectivity index (χ1v) is 6.45. The van der Waals surface area contributed by atoms with Crippen molar-refractivity contribution < 1.29 is 9.15 Å². The molecule has 0 amide bonds. The molecule has 0 aliphatic heterocycles. The Morgan fingerprint density at radius 3 is 3.12 bits per heavy atom. The molecular formula is C13H22N2O2. The molecule has 1 saturated carbocycles. The van der Waals surface area contributed by atoms with Gasteiger partial charge in [-0.2, -0.15) is 0 Å². The van der Waals surface area contributed by atoms with Crippen molar-refractivity contribution >= 4 is 0 Å². The van der Waals surface area contributed by atoms with Crippen molar-refractivity contribution in [3.63, 3.8) is 0 Å². The third kappa shape index (κ3) is 3.07. The van der Waals surface area contributed by atoms with Crippen LogP contribution in [0.4, 0.5) is 0 Å². The number of rotatable bonds is 6. The molecule has 0 bridgehead atoms. The maximum Gasteiger partial charge on any atom is 0.181 e. The summed E-state index contributed by atoms with van der Waals surface area (Å²) < 4.78 is 10.6. The number of hydrogen-bond acceptors (Lipinski definition) is 4. The highest BCUT2D eigenvalue weighted by Gasteiger charge is 2.29. The van der Waals surface area contributed by atoms with Gasteiger partial charge < -0.3 is 14.5 Å². The SMILES string of the molecule is COCCNCc1ncoc1C1CCCC1C. The molecule has 0 saturated heterocycles. The minimum Gasteiger partial charge on any atom is -0.448 e. The zero-order valence-electron chi connectivity index (χ0n) is 10.7. The molecule has 1 aromatic rings. The van der Waals surface area contributed by atoms with Gasteiger partial charge in [0.05, 0.1) is 12.3 Å². The van der Waals surface area contributed by atoms with Crippen molar-refractivity contribution in [1.29, 1.82) is 0 Å². The van der Waals surface area contributed by atoms with Crippen LogP contribution in [-0.2, 0) is 11.3 Å². The smallest absolute Gasteiger partial charge is 0.181 e. The molecule has 17 heavy (non-hydrogen) atoms. The van der Waals surface area contributed by atoms with E-state index in [0.29, 0.717) is 5.92 Å². The first-order chi connectivity index (χ1) is 8.33. The van der Waals surface area contributed by atoms with Gasteiger partial charge in [0.15, 0.2) is 6.39 Å². The van der Waals surface area contributed by atoms with E-state index in [-0.39, 0.29) is 0 Å². The van der Waals surface area contributed by atoms with Crippen LogP contribution < -0.4 is 5.32 Å². The van der Waals surface area contributed by atoms with Crippen LogP contribution in [0.2, 0.25) is 0 Å². The Morgan fingerprint density at radius 1 is 1.53 bits per heavy atom. The number of aromatic nitrogens is 1. The van der Waals surface area contributed by atoms with Crippen molar-refractivity contribution in [2.45, 2.75) is 38.6 Å². The van der Waals surface area contributed by atoms with E-state index < -0.39 is 0 Å². The van der Waals surface area contributed by atoms with Crippen LogP contribution in [0.15, 0.2) is 10.8 Å². The van der Waals surface area contributed by atoms with Gasteiger partial charge in [-0.3, -0.25) is 0 Å². The molecule has 0 spiro atoms. The molecule has 0 radical (unpaired) electrons. The lowest BCUT2D eigenvalue weighted by Gasteiger charge is -2.13. The van der Waals surface area contributed by atoms with Gasteiger partial charge in [-0.05, 0) is 18.8 Å². The largest absolute Gasteiger partial charge is 0.448 e. The highest BCUT2D eigenvalue weighted by Crippen LogP contribution is 2.40. The number of methoxy groups -OCH3 is 1. The minimum atomic E-state index is 0.566. The summed E-state index contributed by atoms with van der Waals surface area (Å²) in [5.41, 5.74) is 1.07.